The van der Waals surface area contributed by atoms with E-state index in [1.54, 1.807) is 25.3 Å². The molecule has 0 aliphatic carbocycles. The first-order chi connectivity index (χ1) is 13.8. The lowest BCUT2D eigenvalue weighted by molar-refractivity contribution is -0.137. The summed E-state index contributed by atoms with van der Waals surface area (Å²) in [6.07, 6.45) is 6.53. The number of hydrogen-bond donors (Lipinski definition) is 2. The summed E-state index contributed by atoms with van der Waals surface area (Å²) in [5.74, 6) is -1.32. The Bertz CT molecular complexity index is 981. The number of carbonyl (C=O) groups excluding carboxylic acids is 1. The van der Waals surface area contributed by atoms with Crippen molar-refractivity contribution in [3.05, 3.63) is 36.3 Å². The Hall–Kier alpha value is -3.00. The molecule has 0 bridgehead atoms. The summed E-state index contributed by atoms with van der Waals surface area (Å²) in [5.41, 5.74) is 8.05. The van der Waals surface area contributed by atoms with Gasteiger partial charge in [0, 0.05) is 11.9 Å². The van der Waals surface area contributed by atoms with E-state index in [9.17, 15) is 9.59 Å². The number of carboxylic acid groups (broad SMARTS) is 1. The van der Waals surface area contributed by atoms with E-state index in [1.165, 1.54) is 19.3 Å². The van der Waals surface area contributed by atoms with Gasteiger partial charge in [-0.3, -0.25) is 14.5 Å². The number of carboxylic acids is 1. The predicted molar refractivity (Wildman–Crippen MR) is 114 cm³/mol. The Balaban J connectivity index is 0.000000370. The number of aromatic nitrogens is 3. The highest BCUT2D eigenvalue weighted by Crippen LogP contribution is 2.26. The zero-order chi connectivity index (χ0) is 21.4. The van der Waals surface area contributed by atoms with Gasteiger partial charge in [-0.1, -0.05) is 44.4 Å². The van der Waals surface area contributed by atoms with Crippen LogP contribution < -0.4 is 5.73 Å². The van der Waals surface area contributed by atoms with Gasteiger partial charge in [0.25, 0.3) is 5.91 Å². The highest BCUT2D eigenvalue weighted by Gasteiger charge is 2.16. The molecule has 29 heavy (non-hydrogen) atoms. The number of nitrogens with two attached hydrogens (primary N) is 1. The maximum Gasteiger partial charge on any atom is 0.317 e. The fraction of sp³-hybridized carbons (Fsp3) is 0.429. The average Bonchev–Trinajstić information content (AvgIpc) is 3.08. The molecule has 0 radical (unpaired) electrons. The van der Waals surface area contributed by atoms with Gasteiger partial charge in [0.15, 0.2) is 5.69 Å². The monoisotopic (exact) mass is 399 g/mol. The van der Waals surface area contributed by atoms with Crippen molar-refractivity contribution in [3.63, 3.8) is 0 Å². The quantitative estimate of drug-likeness (QED) is 0.563. The summed E-state index contributed by atoms with van der Waals surface area (Å²) in [6.45, 7) is 3.20. The number of pyridine rings is 1. The highest BCUT2D eigenvalue weighted by atomic mass is 16.4. The van der Waals surface area contributed by atoms with Crippen LogP contribution in [0.1, 0.15) is 43.1 Å². The van der Waals surface area contributed by atoms with Gasteiger partial charge in [-0.05, 0) is 26.6 Å². The maximum atomic E-state index is 11.7. The predicted octanol–water partition coefficient (Wildman–Crippen LogP) is 2.90. The second-order valence-electron chi connectivity index (χ2n) is 7.17. The molecule has 0 spiro atoms. The Morgan fingerprint density at radius 1 is 1.17 bits per heavy atom. The molecule has 0 saturated carbocycles. The second-order valence-corrected chi connectivity index (χ2v) is 7.17. The maximum absolute atomic E-state index is 11.7. The van der Waals surface area contributed by atoms with E-state index >= 15 is 0 Å². The van der Waals surface area contributed by atoms with Gasteiger partial charge in [0.1, 0.15) is 5.52 Å². The van der Waals surface area contributed by atoms with Crippen LogP contribution in [-0.4, -0.2) is 57.1 Å². The molecule has 2 aromatic heterocycles. The van der Waals surface area contributed by atoms with Gasteiger partial charge in [-0.15, -0.1) is 0 Å². The van der Waals surface area contributed by atoms with Gasteiger partial charge in [0.05, 0.1) is 23.9 Å². The van der Waals surface area contributed by atoms with E-state index in [-0.39, 0.29) is 12.2 Å². The molecular weight excluding hydrogens is 370 g/mol. The van der Waals surface area contributed by atoms with Crippen molar-refractivity contribution >= 4 is 33.8 Å². The van der Waals surface area contributed by atoms with Gasteiger partial charge >= 0.3 is 5.97 Å². The number of benzene rings is 1. The first-order valence-electron chi connectivity index (χ1n) is 9.75. The summed E-state index contributed by atoms with van der Waals surface area (Å²) in [4.78, 5) is 31.8. The van der Waals surface area contributed by atoms with E-state index in [4.69, 9.17) is 10.8 Å². The lowest BCUT2D eigenvalue weighted by Crippen LogP contribution is -2.20. The number of rotatable bonds is 8. The number of likely N-dealkylation sites (N-methyl/N-ethyl adjacent to an activating group) is 1. The molecule has 0 unspecified atom stereocenters. The van der Waals surface area contributed by atoms with Crippen molar-refractivity contribution in [3.8, 4) is 0 Å². The molecule has 0 saturated heterocycles. The van der Waals surface area contributed by atoms with Gasteiger partial charge in [-0.25, -0.2) is 9.97 Å². The van der Waals surface area contributed by atoms with Crippen LogP contribution in [0.5, 0.6) is 0 Å². The molecule has 0 aliphatic heterocycles. The van der Waals surface area contributed by atoms with Gasteiger partial charge in [0.2, 0.25) is 0 Å². The minimum atomic E-state index is -0.787. The molecule has 0 fully saturated rings. The largest absolute Gasteiger partial charge is 0.480 e. The van der Waals surface area contributed by atoms with E-state index in [0.29, 0.717) is 5.52 Å². The number of unbranched alkanes of at least 4 members (excludes halogenated alkanes) is 3. The Morgan fingerprint density at radius 3 is 2.48 bits per heavy atom. The van der Waals surface area contributed by atoms with E-state index < -0.39 is 11.9 Å². The molecule has 1 aromatic carbocycles. The Kier molecular flexibility index (Phi) is 8.09. The van der Waals surface area contributed by atoms with Crippen molar-refractivity contribution in [1.29, 1.82) is 0 Å². The molecule has 3 aromatic rings. The van der Waals surface area contributed by atoms with E-state index in [1.807, 2.05) is 24.3 Å². The van der Waals surface area contributed by atoms with Crippen LogP contribution in [0.3, 0.4) is 0 Å². The summed E-state index contributed by atoms with van der Waals surface area (Å²) in [5, 5.41) is 9.05. The number of aliphatic carboxylic acids is 1. The SMILES string of the molecule is CCCCCCn1cnc2c(C(N)=O)nc3ccccc3c21.CN(C)CC(=O)O. The van der Waals surface area contributed by atoms with Crippen LogP contribution in [0.25, 0.3) is 21.9 Å². The number of aryl methyl sites for hydroxylation is 1. The summed E-state index contributed by atoms with van der Waals surface area (Å²) >= 11 is 0. The summed E-state index contributed by atoms with van der Waals surface area (Å²) in [6, 6.07) is 7.80. The zero-order valence-electron chi connectivity index (χ0n) is 17.3. The number of fused-ring (bicyclic) bond motifs is 3. The highest BCUT2D eigenvalue weighted by molar-refractivity contribution is 6.11. The van der Waals surface area contributed by atoms with Crippen molar-refractivity contribution in [2.45, 2.75) is 39.2 Å². The first-order valence-corrected chi connectivity index (χ1v) is 9.75. The van der Waals surface area contributed by atoms with Gasteiger partial charge in [-0.2, -0.15) is 0 Å². The normalized spacial score (nSPS) is 10.9. The smallest absolute Gasteiger partial charge is 0.317 e. The first kappa shape index (κ1) is 22.3. The second kappa shape index (κ2) is 10.5. The summed E-state index contributed by atoms with van der Waals surface area (Å²) < 4.78 is 2.11. The molecule has 0 atom stereocenters. The third kappa shape index (κ3) is 5.99. The lowest BCUT2D eigenvalue weighted by atomic mass is 10.1. The lowest BCUT2D eigenvalue weighted by Gasteiger charge is -2.08. The fourth-order valence-electron chi connectivity index (χ4n) is 3.10. The third-order valence-electron chi connectivity index (χ3n) is 4.39. The van der Waals surface area contributed by atoms with Crippen LogP contribution in [0, 0.1) is 0 Å². The summed E-state index contributed by atoms with van der Waals surface area (Å²) in [7, 11) is 3.43. The average molecular weight is 399 g/mol. The molecule has 0 aliphatic rings. The number of hydrogen-bond acceptors (Lipinski definition) is 5. The Morgan fingerprint density at radius 2 is 1.90 bits per heavy atom. The van der Waals surface area contributed by atoms with Crippen LogP contribution in [-0.2, 0) is 11.3 Å². The van der Waals surface area contributed by atoms with Crippen molar-refractivity contribution in [2.24, 2.45) is 5.73 Å². The van der Waals surface area contributed by atoms with E-state index in [0.717, 1.165) is 29.4 Å². The zero-order valence-corrected chi connectivity index (χ0v) is 17.3. The number of primary amides is 1. The topological polar surface area (TPSA) is 114 Å². The number of amides is 1. The van der Waals surface area contributed by atoms with Crippen LogP contribution in [0.15, 0.2) is 30.6 Å². The standard InChI is InChI=1S/C17H20N4O.C4H9NO2/c1-2-3-4-7-10-21-11-19-14-15(17(18)22)20-13-9-6-5-8-12(13)16(14)21;1-5(2)3-4(6)7/h5-6,8-9,11H,2-4,7,10H2,1H3,(H2,18,22);3H2,1-2H3,(H,6,7). The molecule has 2 heterocycles. The van der Waals surface area contributed by atoms with E-state index in [2.05, 4.69) is 21.5 Å². The number of imidazole rings is 1. The minimum absolute atomic E-state index is 0.111. The molecule has 3 rings (SSSR count). The fourth-order valence-corrected chi connectivity index (χ4v) is 3.10. The van der Waals surface area contributed by atoms with Gasteiger partial charge < -0.3 is 15.4 Å². The molecule has 1 amide bonds. The number of para-hydroxylation sites is 1. The van der Waals surface area contributed by atoms with Crippen LogP contribution >= 0.6 is 0 Å². The van der Waals surface area contributed by atoms with Crippen LogP contribution in [0.2, 0.25) is 0 Å². The van der Waals surface area contributed by atoms with Crippen molar-refractivity contribution in [1.82, 2.24) is 19.4 Å². The Labute approximate surface area is 170 Å². The minimum Gasteiger partial charge on any atom is -0.480 e. The van der Waals surface area contributed by atoms with Crippen molar-refractivity contribution < 1.29 is 14.7 Å². The molecule has 8 heteroatoms. The molecule has 8 nitrogen and oxygen atoms in total. The molecule has 3 N–H and O–H groups in total. The van der Waals surface area contributed by atoms with Crippen LogP contribution in [0.4, 0.5) is 0 Å². The van der Waals surface area contributed by atoms with Crippen molar-refractivity contribution in [2.75, 3.05) is 20.6 Å². The third-order valence-corrected chi connectivity index (χ3v) is 4.39. The number of carbonyl (C=O) groups is 2. The molecular formula is C21H29N5O3. The number of nitrogens with zero attached hydrogens (tertiary/aromatic N) is 4. The molecule has 156 valence electrons.